The fourth-order valence-electron chi connectivity index (χ4n) is 7.90. The number of nitrogens with one attached hydrogen (secondary N) is 2. The third-order valence-corrected chi connectivity index (χ3v) is 10.8. The minimum Gasteiger partial charge on any atom is -0.494 e. The first-order valence-electron chi connectivity index (χ1n) is 19.7. The van der Waals surface area contributed by atoms with Gasteiger partial charge in [-0.25, -0.2) is 19.1 Å². The molecular weight excluding hydrogens is 736 g/mol. The van der Waals surface area contributed by atoms with E-state index in [9.17, 15) is 14.4 Å². The Balaban J connectivity index is 0.000000322. The van der Waals surface area contributed by atoms with Gasteiger partial charge in [0.1, 0.15) is 22.6 Å². The maximum absolute atomic E-state index is 13.7. The first-order chi connectivity index (χ1) is 26.4. The highest BCUT2D eigenvalue weighted by molar-refractivity contribution is 6.34. The van der Waals surface area contributed by atoms with Crippen molar-refractivity contribution in [3.8, 4) is 17.1 Å². The molecule has 0 radical (unpaired) electrons. The summed E-state index contributed by atoms with van der Waals surface area (Å²) in [5.74, 6) is 1.05. The molecule has 2 atom stereocenters. The maximum atomic E-state index is 13.7. The second-order valence-electron chi connectivity index (χ2n) is 17.2. The fourth-order valence-corrected chi connectivity index (χ4v) is 8.17. The largest absolute Gasteiger partial charge is 0.494 e. The Hall–Kier alpha value is -4.56. The van der Waals surface area contributed by atoms with Crippen molar-refractivity contribution in [1.29, 1.82) is 0 Å². The van der Waals surface area contributed by atoms with E-state index >= 15 is 0 Å². The molecule has 0 unspecified atom stereocenters. The number of methoxy groups -OCH3 is 1. The third-order valence-electron chi connectivity index (χ3n) is 10.5. The molecule has 304 valence electrons. The standard InChI is InChI=1S/C31H37ClN6O4.C10H20N2O2/c1-18-25(23-13-20-10-11-33-28(32)27(20)37(23)15-19-8-9-19)35-38-16-21(14-24(41-5)26(18)38)29(39)36-12-6-7-22(17-36)34-30(40)42-31(2,3)4;1-10(2,3)12(9(13)14)8-5-4-6-11-7-8/h10-11,13-14,16,19,22H,6-9,12,15,17H2,1-5H3,(H,34,40);8,11H,4-7H2,1-3H3,(H,13,14)/t22-;8-/m11/s1. The second kappa shape index (κ2) is 16.5. The minimum absolute atomic E-state index is 0.126. The Morgan fingerprint density at radius 2 is 1.82 bits per heavy atom. The summed E-state index contributed by atoms with van der Waals surface area (Å²) < 4.78 is 15.2. The van der Waals surface area contributed by atoms with Gasteiger partial charge in [-0.3, -0.25) is 9.69 Å². The second-order valence-corrected chi connectivity index (χ2v) is 17.6. The van der Waals surface area contributed by atoms with Crippen molar-refractivity contribution < 1.29 is 29.0 Å². The quantitative estimate of drug-likeness (QED) is 0.163. The number of rotatable bonds is 7. The average molecular weight is 793 g/mol. The minimum atomic E-state index is -0.814. The van der Waals surface area contributed by atoms with Gasteiger partial charge in [-0.1, -0.05) is 11.6 Å². The molecule has 3 N–H and O–H groups in total. The number of hydrogen-bond acceptors (Lipinski definition) is 8. The van der Waals surface area contributed by atoms with Crippen LogP contribution in [0.1, 0.15) is 96.0 Å². The Kier molecular flexibility index (Phi) is 12.1. The number of amides is 3. The normalized spacial score (nSPS) is 19.0. The average Bonchev–Trinajstić information content (AvgIpc) is 3.78. The molecule has 3 amide bonds. The van der Waals surface area contributed by atoms with E-state index in [4.69, 9.17) is 31.3 Å². The van der Waals surface area contributed by atoms with Crippen molar-refractivity contribution in [2.45, 2.75) is 117 Å². The Morgan fingerprint density at radius 1 is 1.07 bits per heavy atom. The van der Waals surface area contributed by atoms with Gasteiger partial charge in [0.2, 0.25) is 0 Å². The number of likely N-dealkylation sites (tertiary alicyclic amines) is 1. The molecule has 56 heavy (non-hydrogen) atoms. The number of carbonyl (C=O) groups excluding carboxylic acids is 2. The van der Waals surface area contributed by atoms with Crippen LogP contribution in [0.5, 0.6) is 5.75 Å². The van der Waals surface area contributed by atoms with Crippen molar-refractivity contribution in [2.75, 3.05) is 33.3 Å². The highest BCUT2D eigenvalue weighted by Crippen LogP contribution is 2.39. The number of fused-ring (bicyclic) bond motifs is 2. The zero-order valence-electron chi connectivity index (χ0n) is 33.9. The predicted molar refractivity (Wildman–Crippen MR) is 217 cm³/mol. The molecule has 7 rings (SSSR count). The Morgan fingerprint density at radius 3 is 2.45 bits per heavy atom. The molecule has 3 aliphatic rings. The number of halogens is 1. The number of aryl methyl sites for hydroxylation is 1. The molecule has 4 aromatic rings. The first kappa shape index (κ1) is 41.1. The molecule has 2 aliphatic heterocycles. The van der Waals surface area contributed by atoms with Crippen LogP contribution in [0.25, 0.3) is 27.8 Å². The molecule has 6 heterocycles. The summed E-state index contributed by atoms with van der Waals surface area (Å²) in [6.45, 7) is 17.0. The highest BCUT2D eigenvalue weighted by Gasteiger charge is 2.34. The number of carbonyl (C=O) groups is 3. The highest BCUT2D eigenvalue weighted by atomic mass is 35.5. The van der Waals surface area contributed by atoms with Crippen LogP contribution in [0.3, 0.4) is 0 Å². The SMILES string of the molecule is CC(C)(C)N(C(=O)O)[C@@H]1CCCNC1.COc1cc(C(=O)N2CCC[C@@H](NC(=O)OC(C)(C)C)C2)cn2nc(-c3cc4ccnc(Cl)c4n3CC3CC3)c(C)c12. The number of piperidine rings is 2. The van der Waals surface area contributed by atoms with Gasteiger partial charge in [0, 0.05) is 67.1 Å². The van der Waals surface area contributed by atoms with Crippen LogP contribution in [0.4, 0.5) is 9.59 Å². The van der Waals surface area contributed by atoms with Crippen LogP contribution in [-0.2, 0) is 11.3 Å². The monoisotopic (exact) mass is 792 g/mol. The molecule has 4 aromatic heterocycles. The molecule has 14 nitrogen and oxygen atoms in total. The van der Waals surface area contributed by atoms with E-state index < -0.39 is 17.8 Å². The van der Waals surface area contributed by atoms with Crippen LogP contribution >= 0.6 is 11.6 Å². The lowest BCUT2D eigenvalue weighted by molar-refractivity contribution is 0.0451. The van der Waals surface area contributed by atoms with E-state index in [2.05, 4.69) is 26.3 Å². The van der Waals surface area contributed by atoms with Gasteiger partial charge < -0.3 is 34.7 Å². The summed E-state index contributed by atoms with van der Waals surface area (Å²) in [6, 6.07) is 5.81. The van der Waals surface area contributed by atoms with Crippen LogP contribution in [0.15, 0.2) is 30.6 Å². The van der Waals surface area contributed by atoms with Crippen molar-refractivity contribution in [1.82, 2.24) is 39.6 Å². The van der Waals surface area contributed by atoms with Gasteiger partial charge in [0.15, 0.2) is 5.15 Å². The lowest BCUT2D eigenvalue weighted by atomic mass is 9.99. The van der Waals surface area contributed by atoms with E-state index in [0.29, 0.717) is 35.5 Å². The number of carboxylic acid groups (broad SMARTS) is 1. The summed E-state index contributed by atoms with van der Waals surface area (Å²) in [6.07, 6.45) is 8.19. The number of pyridine rings is 2. The van der Waals surface area contributed by atoms with Crippen molar-refractivity contribution in [2.24, 2.45) is 5.92 Å². The zero-order chi connectivity index (χ0) is 40.5. The molecule has 15 heteroatoms. The molecule has 0 spiro atoms. The number of alkyl carbamates (subject to hydrolysis) is 1. The molecule has 2 saturated heterocycles. The molecule has 0 aromatic carbocycles. The number of hydrogen-bond donors (Lipinski definition) is 3. The van der Waals surface area contributed by atoms with Crippen molar-refractivity contribution >= 4 is 46.1 Å². The lowest BCUT2D eigenvalue weighted by Gasteiger charge is -2.41. The summed E-state index contributed by atoms with van der Waals surface area (Å²) in [7, 11) is 1.60. The molecule has 0 bridgehead atoms. The third kappa shape index (κ3) is 9.34. The van der Waals surface area contributed by atoms with Crippen LogP contribution in [-0.4, -0.2) is 109 Å². The zero-order valence-corrected chi connectivity index (χ0v) is 34.7. The summed E-state index contributed by atoms with van der Waals surface area (Å²) in [4.78, 5) is 44.9. The Bertz CT molecular complexity index is 2070. The topological polar surface area (TPSA) is 156 Å². The van der Waals surface area contributed by atoms with Crippen LogP contribution < -0.4 is 15.4 Å². The summed E-state index contributed by atoms with van der Waals surface area (Å²) in [5.41, 5.74) is 4.03. The van der Waals surface area contributed by atoms with Gasteiger partial charge in [-0.05, 0) is 118 Å². The molecule has 1 aliphatic carbocycles. The van der Waals surface area contributed by atoms with E-state index in [-0.39, 0.29) is 23.5 Å². The van der Waals surface area contributed by atoms with Gasteiger partial charge in [0.25, 0.3) is 5.91 Å². The van der Waals surface area contributed by atoms with E-state index in [1.807, 2.05) is 54.5 Å². The molecule has 1 saturated carbocycles. The van der Waals surface area contributed by atoms with Crippen LogP contribution in [0, 0.1) is 12.8 Å². The number of aromatic nitrogens is 4. The van der Waals surface area contributed by atoms with E-state index in [0.717, 1.165) is 78.7 Å². The van der Waals surface area contributed by atoms with Gasteiger partial charge in [-0.2, -0.15) is 5.10 Å². The summed E-state index contributed by atoms with van der Waals surface area (Å²) in [5, 5.41) is 21.8. The summed E-state index contributed by atoms with van der Waals surface area (Å²) >= 11 is 6.58. The van der Waals surface area contributed by atoms with Gasteiger partial charge in [-0.15, -0.1) is 0 Å². The smallest absolute Gasteiger partial charge is 0.408 e. The van der Waals surface area contributed by atoms with E-state index in [1.54, 1.807) is 39.9 Å². The van der Waals surface area contributed by atoms with Gasteiger partial charge in [0.05, 0.1) is 23.9 Å². The lowest BCUT2D eigenvalue weighted by Crippen LogP contribution is -2.56. The van der Waals surface area contributed by atoms with Crippen molar-refractivity contribution in [3.05, 3.63) is 46.9 Å². The van der Waals surface area contributed by atoms with Crippen molar-refractivity contribution in [3.63, 3.8) is 0 Å². The first-order valence-corrected chi connectivity index (χ1v) is 20.1. The number of ether oxygens (including phenoxy) is 2. The fraction of sp³-hybridized carbons (Fsp3) is 0.585. The maximum Gasteiger partial charge on any atom is 0.408 e. The van der Waals surface area contributed by atoms with Crippen LogP contribution in [0.2, 0.25) is 5.15 Å². The van der Waals surface area contributed by atoms with E-state index in [1.165, 1.54) is 12.8 Å². The predicted octanol–water partition coefficient (Wildman–Crippen LogP) is 7.38. The Labute approximate surface area is 333 Å². The van der Waals surface area contributed by atoms with Gasteiger partial charge >= 0.3 is 12.2 Å². The number of nitrogens with zero attached hydrogens (tertiary/aromatic N) is 6. The molecule has 3 fully saturated rings. The molecular formula is C41H57ClN8O6.